The minimum Gasteiger partial charge on any atom is -0.832 e. The maximum absolute atomic E-state index is 12.2. The molecule has 3 rings (SSSR count). The molecule has 126 valence electrons. The number of aliphatic imine (C=N–C) groups is 1. The summed E-state index contributed by atoms with van der Waals surface area (Å²) < 4.78 is 5.19. The van der Waals surface area contributed by atoms with Crippen molar-refractivity contribution >= 4 is 17.1 Å². The molecule has 1 N–H and O–H groups in total. The molecule has 23 heavy (non-hydrogen) atoms. The summed E-state index contributed by atoms with van der Waals surface area (Å²) in [5.74, 6) is 1.71. The molecular weight excluding hydrogens is 288 g/mol. The molecule has 1 saturated carbocycles. The van der Waals surface area contributed by atoms with E-state index in [4.69, 9.17) is 4.74 Å². The largest absolute Gasteiger partial charge is 0.832 e. The van der Waals surface area contributed by atoms with Crippen molar-refractivity contribution in [1.82, 2.24) is 0 Å². The van der Waals surface area contributed by atoms with Crippen LogP contribution < -0.4 is 15.2 Å². The van der Waals surface area contributed by atoms with Gasteiger partial charge in [-0.3, -0.25) is 4.99 Å². The molecule has 0 radical (unpaired) electrons. The number of unbranched alkanes of at least 4 members (excludes halogenated alkanes) is 2. The minimum absolute atomic E-state index is 0.739. The molecule has 1 aromatic rings. The summed E-state index contributed by atoms with van der Waals surface area (Å²) >= 11 is 0. The second-order valence-electron chi connectivity index (χ2n) is 6.76. The van der Waals surface area contributed by atoms with Crippen LogP contribution >= 0.6 is 0 Å². The van der Waals surface area contributed by atoms with Gasteiger partial charge in [0.1, 0.15) is 5.75 Å². The summed E-state index contributed by atoms with van der Waals surface area (Å²) in [7, 11) is 1.62. The first-order valence-corrected chi connectivity index (χ1v) is 8.94. The van der Waals surface area contributed by atoms with Crippen LogP contribution in [0.4, 0.5) is 11.4 Å². The molecule has 0 amide bonds. The average molecular weight is 315 g/mol. The second kappa shape index (κ2) is 7.82. The van der Waals surface area contributed by atoms with E-state index >= 15 is 0 Å². The zero-order valence-electron chi connectivity index (χ0n) is 14.0. The van der Waals surface area contributed by atoms with E-state index in [0.29, 0.717) is 0 Å². The Morgan fingerprint density at radius 1 is 1.22 bits per heavy atom. The predicted octanol–water partition coefficient (Wildman–Crippen LogP) is 4.02. The topological polar surface area (TPSA) is 56.7 Å². The van der Waals surface area contributed by atoms with E-state index in [-0.39, 0.29) is 0 Å². The van der Waals surface area contributed by atoms with Crippen LogP contribution in [0, 0.1) is 5.92 Å². The maximum Gasteiger partial charge on any atom is 0.121 e. The summed E-state index contributed by atoms with van der Waals surface area (Å²) in [6, 6.07) is 5.63. The standard InChI is InChI=1S/C19H27N2O2/c1-23-15-11-12-16-18(13-15)21-19(22)17(20-16)10-4-2-3-7-14-8-5-6-9-14/h11-14,19,21H,2-10H2,1H3/q-1. The van der Waals surface area contributed by atoms with E-state index in [9.17, 15) is 5.11 Å². The van der Waals surface area contributed by atoms with Gasteiger partial charge in [0.25, 0.3) is 0 Å². The normalized spacial score (nSPS) is 20.8. The molecule has 2 aliphatic rings. The summed E-state index contributed by atoms with van der Waals surface area (Å²) in [5, 5.41) is 15.2. The molecule has 0 aromatic heterocycles. The van der Waals surface area contributed by atoms with Crippen molar-refractivity contribution < 1.29 is 9.84 Å². The van der Waals surface area contributed by atoms with E-state index in [1.165, 1.54) is 44.9 Å². The zero-order chi connectivity index (χ0) is 16.1. The number of fused-ring (bicyclic) bond motifs is 1. The van der Waals surface area contributed by atoms with Gasteiger partial charge in [-0.2, -0.15) is 0 Å². The number of anilines is 1. The number of hydrogen-bond acceptors (Lipinski definition) is 4. The fourth-order valence-corrected chi connectivity index (χ4v) is 3.70. The molecule has 1 fully saturated rings. The van der Waals surface area contributed by atoms with Gasteiger partial charge < -0.3 is 15.2 Å². The second-order valence-corrected chi connectivity index (χ2v) is 6.76. The summed E-state index contributed by atoms with van der Waals surface area (Å²) in [6.45, 7) is 0. The molecule has 1 aliphatic heterocycles. The van der Waals surface area contributed by atoms with E-state index in [1.807, 2.05) is 18.2 Å². The lowest BCUT2D eigenvalue weighted by Crippen LogP contribution is -2.43. The number of ether oxygens (including phenoxy) is 1. The lowest BCUT2D eigenvalue weighted by atomic mass is 9.98. The van der Waals surface area contributed by atoms with Crippen LogP contribution in [0.1, 0.15) is 57.8 Å². The van der Waals surface area contributed by atoms with E-state index in [1.54, 1.807) is 7.11 Å². The Kier molecular flexibility index (Phi) is 5.55. The Morgan fingerprint density at radius 2 is 2.04 bits per heavy atom. The van der Waals surface area contributed by atoms with Gasteiger partial charge in [-0.25, -0.2) is 0 Å². The zero-order valence-corrected chi connectivity index (χ0v) is 14.0. The third kappa shape index (κ3) is 4.25. The van der Waals surface area contributed by atoms with Gasteiger partial charge in [0.15, 0.2) is 0 Å². The van der Waals surface area contributed by atoms with Crippen molar-refractivity contribution in [3.8, 4) is 5.75 Å². The molecule has 4 heteroatoms. The van der Waals surface area contributed by atoms with Crippen LogP contribution in [0.3, 0.4) is 0 Å². The third-order valence-corrected chi connectivity index (χ3v) is 5.08. The van der Waals surface area contributed by atoms with Crippen LogP contribution in [0.25, 0.3) is 0 Å². The van der Waals surface area contributed by atoms with Gasteiger partial charge in [-0.05, 0) is 37.1 Å². The van der Waals surface area contributed by atoms with Crippen molar-refractivity contribution in [3.63, 3.8) is 0 Å². The smallest absolute Gasteiger partial charge is 0.121 e. The quantitative estimate of drug-likeness (QED) is 0.773. The summed E-state index contributed by atoms with van der Waals surface area (Å²) in [4.78, 5) is 4.56. The van der Waals surface area contributed by atoms with Crippen molar-refractivity contribution in [3.05, 3.63) is 18.2 Å². The van der Waals surface area contributed by atoms with Crippen molar-refractivity contribution in [2.75, 3.05) is 12.4 Å². The number of benzene rings is 1. The Balaban J connectivity index is 1.47. The Bertz CT molecular complexity index is 550. The van der Waals surface area contributed by atoms with Gasteiger partial charge in [0.05, 0.1) is 18.5 Å². The molecular formula is C19H27N2O2-. The lowest BCUT2D eigenvalue weighted by molar-refractivity contribution is -0.386. The molecule has 1 unspecified atom stereocenters. The number of methoxy groups -OCH3 is 1. The summed E-state index contributed by atoms with van der Waals surface area (Å²) in [5.41, 5.74) is 2.36. The lowest BCUT2D eigenvalue weighted by Gasteiger charge is -2.31. The first-order chi connectivity index (χ1) is 11.3. The molecule has 1 atom stereocenters. The molecule has 1 aliphatic carbocycles. The van der Waals surface area contributed by atoms with Crippen LogP contribution in [0.15, 0.2) is 23.2 Å². The first kappa shape index (κ1) is 16.3. The Hall–Kier alpha value is -1.55. The van der Waals surface area contributed by atoms with Crippen molar-refractivity contribution in [2.45, 2.75) is 64.0 Å². The fraction of sp³-hybridized carbons (Fsp3) is 0.632. The SMILES string of the molecule is COc1ccc2c(c1)NC([O-])C(CCCCCC1CCCC1)=N2. The van der Waals surface area contributed by atoms with Crippen LogP contribution in [-0.2, 0) is 0 Å². The molecule has 1 heterocycles. The average Bonchev–Trinajstić information content (AvgIpc) is 3.07. The molecule has 0 spiro atoms. The fourth-order valence-electron chi connectivity index (χ4n) is 3.70. The predicted molar refractivity (Wildman–Crippen MR) is 92.5 cm³/mol. The van der Waals surface area contributed by atoms with Crippen LogP contribution in [0.2, 0.25) is 0 Å². The van der Waals surface area contributed by atoms with E-state index in [0.717, 1.165) is 41.6 Å². The van der Waals surface area contributed by atoms with Crippen LogP contribution in [0.5, 0.6) is 5.75 Å². The highest BCUT2D eigenvalue weighted by Gasteiger charge is 2.16. The maximum atomic E-state index is 12.2. The summed E-state index contributed by atoms with van der Waals surface area (Å²) in [6.07, 6.45) is 10.5. The highest BCUT2D eigenvalue weighted by atomic mass is 16.5. The minimum atomic E-state index is -0.926. The first-order valence-electron chi connectivity index (χ1n) is 8.94. The van der Waals surface area contributed by atoms with Crippen LogP contribution in [-0.4, -0.2) is 19.0 Å². The molecule has 4 nitrogen and oxygen atoms in total. The van der Waals surface area contributed by atoms with Crippen molar-refractivity contribution in [2.24, 2.45) is 10.9 Å². The molecule has 0 saturated heterocycles. The van der Waals surface area contributed by atoms with Crippen molar-refractivity contribution in [1.29, 1.82) is 0 Å². The Labute approximate surface area is 139 Å². The van der Waals surface area contributed by atoms with E-state index < -0.39 is 6.23 Å². The highest BCUT2D eigenvalue weighted by molar-refractivity contribution is 5.96. The van der Waals surface area contributed by atoms with Gasteiger partial charge in [-0.1, -0.05) is 44.9 Å². The monoisotopic (exact) mass is 315 g/mol. The third-order valence-electron chi connectivity index (χ3n) is 5.08. The van der Waals surface area contributed by atoms with Gasteiger partial charge >= 0.3 is 0 Å². The number of rotatable bonds is 7. The van der Waals surface area contributed by atoms with Gasteiger partial charge in [-0.15, -0.1) is 0 Å². The number of hydrogen-bond donors (Lipinski definition) is 1. The van der Waals surface area contributed by atoms with Gasteiger partial charge in [0.2, 0.25) is 0 Å². The number of nitrogens with zero attached hydrogens (tertiary/aromatic N) is 1. The Morgan fingerprint density at radius 3 is 2.83 bits per heavy atom. The number of nitrogens with one attached hydrogen (secondary N) is 1. The highest BCUT2D eigenvalue weighted by Crippen LogP contribution is 2.33. The molecule has 0 bridgehead atoms. The molecule has 1 aromatic carbocycles. The van der Waals surface area contributed by atoms with Gasteiger partial charge in [0, 0.05) is 11.8 Å². The van der Waals surface area contributed by atoms with E-state index in [2.05, 4.69) is 10.3 Å².